The fourth-order valence-corrected chi connectivity index (χ4v) is 2.98. The number of nitrogens with zero attached hydrogens (tertiary/aromatic N) is 1. The Morgan fingerprint density at radius 3 is 2.60 bits per heavy atom. The lowest BCUT2D eigenvalue weighted by atomic mass is 10.1. The number of ether oxygens (including phenoxy) is 1. The molecule has 3 heteroatoms. The largest absolute Gasteiger partial charge is 0.496 e. The summed E-state index contributed by atoms with van der Waals surface area (Å²) >= 11 is 0. The Hall–Kier alpha value is -1.06. The van der Waals surface area contributed by atoms with E-state index in [0.717, 1.165) is 12.3 Å². The van der Waals surface area contributed by atoms with E-state index in [0.29, 0.717) is 12.0 Å². The van der Waals surface area contributed by atoms with Crippen LogP contribution in [-0.2, 0) is 0 Å². The highest BCUT2D eigenvalue weighted by Crippen LogP contribution is 2.24. The van der Waals surface area contributed by atoms with Crippen LogP contribution < -0.4 is 10.1 Å². The van der Waals surface area contributed by atoms with E-state index >= 15 is 0 Å². The molecule has 0 amide bonds. The van der Waals surface area contributed by atoms with E-state index in [1.54, 1.807) is 7.11 Å². The molecule has 0 bridgehead atoms. The van der Waals surface area contributed by atoms with Crippen molar-refractivity contribution in [2.45, 2.75) is 32.7 Å². The third kappa shape index (κ3) is 4.22. The first-order chi connectivity index (χ1) is 9.70. The third-order valence-electron chi connectivity index (χ3n) is 4.15. The summed E-state index contributed by atoms with van der Waals surface area (Å²) < 4.78 is 5.43. The van der Waals surface area contributed by atoms with Gasteiger partial charge in [-0.05, 0) is 51.4 Å². The molecule has 2 atom stereocenters. The number of para-hydroxylation sites is 1. The van der Waals surface area contributed by atoms with Crippen molar-refractivity contribution in [2.24, 2.45) is 5.92 Å². The number of benzene rings is 1. The topological polar surface area (TPSA) is 24.5 Å². The van der Waals surface area contributed by atoms with Crippen molar-refractivity contribution >= 4 is 0 Å². The smallest absolute Gasteiger partial charge is 0.123 e. The van der Waals surface area contributed by atoms with Crippen LogP contribution in [0.25, 0.3) is 0 Å². The molecule has 1 N–H and O–H groups in total. The number of rotatable bonds is 7. The summed E-state index contributed by atoms with van der Waals surface area (Å²) in [5, 5.41) is 3.64. The van der Waals surface area contributed by atoms with Gasteiger partial charge < -0.3 is 15.0 Å². The van der Waals surface area contributed by atoms with Crippen molar-refractivity contribution in [3.8, 4) is 5.75 Å². The van der Waals surface area contributed by atoms with Gasteiger partial charge in [0.05, 0.1) is 7.11 Å². The van der Waals surface area contributed by atoms with Crippen LogP contribution in [0.3, 0.4) is 0 Å². The van der Waals surface area contributed by atoms with E-state index in [2.05, 4.69) is 36.2 Å². The highest BCUT2D eigenvalue weighted by molar-refractivity contribution is 5.35. The first-order valence-electron chi connectivity index (χ1n) is 7.79. The van der Waals surface area contributed by atoms with Crippen LogP contribution in [0.1, 0.15) is 38.3 Å². The second-order valence-corrected chi connectivity index (χ2v) is 5.98. The number of hydrogen-bond donors (Lipinski definition) is 1. The van der Waals surface area contributed by atoms with E-state index in [4.69, 9.17) is 4.74 Å². The fraction of sp³-hybridized carbons (Fsp3) is 0.647. The van der Waals surface area contributed by atoms with E-state index < -0.39 is 0 Å². The number of methoxy groups -OCH3 is 1. The lowest BCUT2D eigenvalue weighted by molar-refractivity contribution is 0.278. The molecule has 1 aromatic carbocycles. The van der Waals surface area contributed by atoms with Crippen molar-refractivity contribution in [3.05, 3.63) is 29.8 Å². The molecule has 0 spiro atoms. The molecule has 0 radical (unpaired) electrons. The van der Waals surface area contributed by atoms with Crippen molar-refractivity contribution in [1.82, 2.24) is 10.2 Å². The van der Waals surface area contributed by atoms with Crippen LogP contribution in [0.4, 0.5) is 0 Å². The summed E-state index contributed by atoms with van der Waals surface area (Å²) in [7, 11) is 1.74. The zero-order chi connectivity index (χ0) is 14.4. The molecule has 0 saturated carbocycles. The Morgan fingerprint density at radius 2 is 1.90 bits per heavy atom. The number of hydrogen-bond acceptors (Lipinski definition) is 3. The molecule has 1 heterocycles. The zero-order valence-electron chi connectivity index (χ0n) is 13.1. The van der Waals surface area contributed by atoms with Gasteiger partial charge in [0.2, 0.25) is 0 Å². The summed E-state index contributed by atoms with van der Waals surface area (Å²) in [6, 6.07) is 8.59. The highest BCUT2D eigenvalue weighted by atomic mass is 16.5. The Kier molecular flexibility index (Phi) is 5.86. The van der Waals surface area contributed by atoms with E-state index in [-0.39, 0.29) is 0 Å². The molecule has 20 heavy (non-hydrogen) atoms. The lowest BCUT2D eigenvalue weighted by Crippen LogP contribution is -2.32. The van der Waals surface area contributed by atoms with Crippen LogP contribution in [0.2, 0.25) is 0 Å². The predicted octanol–water partition coefficient (Wildman–Crippen LogP) is 3.08. The van der Waals surface area contributed by atoms with Gasteiger partial charge in [0.15, 0.2) is 0 Å². The summed E-state index contributed by atoms with van der Waals surface area (Å²) in [4.78, 5) is 2.58. The SMILES string of the molecule is COc1ccccc1C(C)NCC(C)CN1CCCC1. The molecule has 1 aromatic rings. The van der Waals surface area contributed by atoms with E-state index in [1.165, 1.54) is 38.0 Å². The summed E-state index contributed by atoms with van der Waals surface area (Å²) in [6.45, 7) is 9.38. The van der Waals surface area contributed by atoms with Crippen LogP contribution in [0.5, 0.6) is 5.75 Å². The van der Waals surface area contributed by atoms with E-state index in [9.17, 15) is 0 Å². The van der Waals surface area contributed by atoms with Gasteiger partial charge in [-0.25, -0.2) is 0 Å². The minimum atomic E-state index is 0.326. The van der Waals surface area contributed by atoms with Crippen LogP contribution in [0.15, 0.2) is 24.3 Å². The van der Waals surface area contributed by atoms with Crippen LogP contribution >= 0.6 is 0 Å². The maximum absolute atomic E-state index is 5.43. The molecule has 1 aliphatic heterocycles. The standard InChI is InChI=1S/C17H28N2O/c1-14(13-19-10-6-7-11-19)12-18-15(2)16-8-4-5-9-17(16)20-3/h4-5,8-9,14-15,18H,6-7,10-13H2,1-3H3. The average molecular weight is 276 g/mol. The lowest BCUT2D eigenvalue weighted by Gasteiger charge is -2.23. The Labute approximate surface area is 123 Å². The van der Waals surface area contributed by atoms with Gasteiger partial charge in [0.25, 0.3) is 0 Å². The second kappa shape index (κ2) is 7.65. The van der Waals surface area contributed by atoms with E-state index in [1.807, 2.05) is 12.1 Å². The Morgan fingerprint density at radius 1 is 1.20 bits per heavy atom. The van der Waals surface area contributed by atoms with Gasteiger partial charge in [-0.2, -0.15) is 0 Å². The van der Waals surface area contributed by atoms with Gasteiger partial charge in [-0.1, -0.05) is 25.1 Å². The maximum atomic E-state index is 5.43. The third-order valence-corrected chi connectivity index (χ3v) is 4.15. The van der Waals surface area contributed by atoms with Gasteiger partial charge in [-0.15, -0.1) is 0 Å². The molecule has 2 rings (SSSR count). The molecule has 1 aliphatic rings. The molecular formula is C17H28N2O. The summed E-state index contributed by atoms with van der Waals surface area (Å²) in [5.74, 6) is 1.66. The Bertz CT molecular complexity index is 402. The fourth-order valence-electron chi connectivity index (χ4n) is 2.98. The van der Waals surface area contributed by atoms with Crippen LogP contribution in [0, 0.1) is 5.92 Å². The first kappa shape index (κ1) is 15.3. The average Bonchev–Trinajstić information content (AvgIpc) is 2.97. The summed E-state index contributed by atoms with van der Waals surface area (Å²) in [5.41, 5.74) is 1.24. The molecule has 1 saturated heterocycles. The molecular weight excluding hydrogens is 248 g/mol. The molecule has 2 unspecified atom stereocenters. The molecule has 0 aliphatic carbocycles. The Balaban J connectivity index is 1.80. The maximum Gasteiger partial charge on any atom is 0.123 e. The molecule has 0 aromatic heterocycles. The van der Waals surface area contributed by atoms with Gasteiger partial charge in [-0.3, -0.25) is 0 Å². The van der Waals surface area contributed by atoms with Gasteiger partial charge >= 0.3 is 0 Å². The molecule has 1 fully saturated rings. The van der Waals surface area contributed by atoms with Crippen molar-refractivity contribution < 1.29 is 4.74 Å². The van der Waals surface area contributed by atoms with Crippen molar-refractivity contribution in [3.63, 3.8) is 0 Å². The zero-order valence-corrected chi connectivity index (χ0v) is 13.1. The monoisotopic (exact) mass is 276 g/mol. The number of nitrogens with one attached hydrogen (secondary N) is 1. The second-order valence-electron chi connectivity index (χ2n) is 5.98. The number of likely N-dealkylation sites (tertiary alicyclic amines) is 1. The first-order valence-corrected chi connectivity index (χ1v) is 7.79. The predicted molar refractivity (Wildman–Crippen MR) is 84.2 cm³/mol. The van der Waals surface area contributed by atoms with Crippen LogP contribution in [-0.4, -0.2) is 38.2 Å². The summed E-state index contributed by atoms with van der Waals surface area (Å²) in [6.07, 6.45) is 2.75. The highest BCUT2D eigenvalue weighted by Gasteiger charge is 2.16. The normalized spacial score (nSPS) is 18.9. The molecule has 112 valence electrons. The van der Waals surface area contributed by atoms with Crippen molar-refractivity contribution in [1.29, 1.82) is 0 Å². The van der Waals surface area contributed by atoms with Crippen molar-refractivity contribution in [2.75, 3.05) is 33.3 Å². The van der Waals surface area contributed by atoms with Gasteiger partial charge in [0.1, 0.15) is 5.75 Å². The minimum absolute atomic E-state index is 0.326. The minimum Gasteiger partial charge on any atom is -0.496 e. The molecule has 3 nitrogen and oxygen atoms in total. The quantitative estimate of drug-likeness (QED) is 0.828. The van der Waals surface area contributed by atoms with Gasteiger partial charge in [0, 0.05) is 18.2 Å².